The molecule has 0 spiro atoms. The molecule has 0 aliphatic carbocycles. The molecule has 1 N–H and O–H groups in total. The Balaban J connectivity index is 2.65. The maximum atomic E-state index is 11.4. The van der Waals surface area contributed by atoms with E-state index in [9.17, 15) is 4.79 Å². The van der Waals surface area contributed by atoms with E-state index in [0.29, 0.717) is 5.56 Å². The van der Waals surface area contributed by atoms with Gasteiger partial charge in [0.15, 0.2) is 0 Å². The van der Waals surface area contributed by atoms with Crippen LogP contribution in [0.4, 0.5) is 0 Å². The molecule has 0 amide bonds. The number of hydrogen-bond donors (Lipinski definition) is 1. The molecule has 1 aromatic rings. The number of hydrogen-bond acceptors (Lipinski definition) is 3. The molecule has 0 bridgehead atoms. The van der Waals surface area contributed by atoms with Crippen LogP contribution in [0.1, 0.15) is 30.6 Å². The summed E-state index contributed by atoms with van der Waals surface area (Å²) in [7, 11) is 0. The molecule has 0 saturated carbocycles. The highest BCUT2D eigenvalue weighted by Gasteiger charge is 2.09. The average molecular weight is 194 g/mol. The van der Waals surface area contributed by atoms with E-state index in [1.807, 2.05) is 13.8 Å². The van der Waals surface area contributed by atoms with Crippen molar-refractivity contribution in [2.24, 2.45) is 0 Å². The number of phenols is 1. The van der Waals surface area contributed by atoms with Crippen LogP contribution < -0.4 is 0 Å². The fourth-order valence-electron chi connectivity index (χ4n) is 0.932. The normalized spacial score (nSPS) is 12.1. The molecule has 0 unspecified atom stereocenters. The summed E-state index contributed by atoms with van der Waals surface area (Å²) < 4.78 is 5.10. The summed E-state index contributed by atoms with van der Waals surface area (Å²) in [6, 6.07) is 6.01. The number of rotatable bonds is 3. The third kappa shape index (κ3) is 2.76. The van der Waals surface area contributed by atoms with Gasteiger partial charge in [-0.25, -0.2) is 4.79 Å². The van der Waals surface area contributed by atoms with Crippen molar-refractivity contribution in [1.29, 1.82) is 0 Å². The number of carbonyl (C=O) groups is 1. The molecule has 0 fully saturated rings. The van der Waals surface area contributed by atoms with Crippen LogP contribution in [0, 0.1) is 0 Å². The summed E-state index contributed by atoms with van der Waals surface area (Å²) >= 11 is 0. The maximum Gasteiger partial charge on any atom is 0.338 e. The number of aromatic hydroxyl groups is 1. The number of esters is 1. The fourth-order valence-corrected chi connectivity index (χ4v) is 0.932. The van der Waals surface area contributed by atoms with Gasteiger partial charge in [-0.3, -0.25) is 0 Å². The van der Waals surface area contributed by atoms with Gasteiger partial charge in [0.05, 0.1) is 11.7 Å². The standard InChI is InChI=1S/C11H14O3/c1-3-8(2)14-11(13)9-4-6-10(12)7-5-9/h4-8,12H,3H2,1-2H3/t8-/m1/s1. The van der Waals surface area contributed by atoms with Crippen molar-refractivity contribution >= 4 is 5.97 Å². The summed E-state index contributed by atoms with van der Waals surface area (Å²) in [5.74, 6) is -0.204. The van der Waals surface area contributed by atoms with Crippen LogP contribution in [0.25, 0.3) is 0 Å². The Morgan fingerprint density at radius 2 is 2.00 bits per heavy atom. The average Bonchev–Trinajstić information content (AvgIpc) is 2.18. The van der Waals surface area contributed by atoms with Crippen molar-refractivity contribution < 1.29 is 14.6 Å². The molecule has 14 heavy (non-hydrogen) atoms. The predicted molar refractivity (Wildman–Crippen MR) is 53.3 cm³/mol. The van der Waals surface area contributed by atoms with Gasteiger partial charge in [-0.1, -0.05) is 6.92 Å². The van der Waals surface area contributed by atoms with Crippen molar-refractivity contribution in [3.8, 4) is 5.75 Å². The molecule has 1 atom stereocenters. The van der Waals surface area contributed by atoms with E-state index in [1.54, 1.807) is 12.1 Å². The highest BCUT2D eigenvalue weighted by Crippen LogP contribution is 2.11. The SMILES string of the molecule is CC[C@@H](C)OC(=O)c1ccc(O)cc1. The summed E-state index contributed by atoms with van der Waals surface area (Å²) in [6.45, 7) is 3.80. The summed E-state index contributed by atoms with van der Waals surface area (Å²) in [4.78, 5) is 11.4. The lowest BCUT2D eigenvalue weighted by molar-refractivity contribution is 0.0334. The topological polar surface area (TPSA) is 46.5 Å². The first-order valence-electron chi connectivity index (χ1n) is 4.63. The molecule has 3 nitrogen and oxygen atoms in total. The molecular weight excluding hydrogens is 180 g/mol. The van der Waals surface area contributed by atoms with E-state index >= 15 is 0 Å². The van der Waals surface area contributed by atoms with Gasteiger partial charge in [0.25, 0.3) is 0 Å². The molecule has 0 heterocycles. The van der Waals surface area contributed by atoms with Gasteiger partial charge >= 0.3 is 5.97 Å². The summed E-state index contributed by atoms with van der Waals surface area (Å²) in [6.07, 6.45) is 0.723. The van der Waals surface area contributed by atoms with Crippen LogP contribution in [-0.4, -0.2) is 17.2 Å². The van der Waals surface area contributed by atoms with Crippen LogP contribution in [0.15, 0.2) is 24.3 Å². The van der Waals surface area contributed by atoms with Crippen LogP contribution >= 0.6 is 0 Å². The maximum absolute atomic E-state index is 11.4. The van der Waals surface area contributed by atoms with Gasteiger partial charge in [-0.2, -0.15) is 0 Å². The highest BCUT2D eigenvalue weighted by atomic mass is 16.5. The van der Waals surface area contributed by atoms with Gasteiger partial charge in [-0.15, -0.1) is 0 Å². The smallest absolute Gasteiger partial charge is 0.338 e. The number of carbonyl (C=O) groups excluding carboxylic acids is 1. The first-order valence-corrected chi connectivity index (χ1v) is 4.63. The molecule has 1 aromatic carbocycles. The second-order valence-electron chi connectivity index (χ2n) is 3.17. The zero-order valence-corrected chi connectivity index (χ0v) is 8.36. The van der Waals surface area contributed by atoms with Crippen LogP contribution in [0.3, 0.4) is 0 Å². The molecule has 3 heteroatoms. The first-order chi connectivity index (χ1) is 6.63. The van der Waals surface area contributed by atoms with Gasteiger partial charge in [-0.05, 0) is 37.6 Å². The predicted octanol–water partition coefficient (Wildman–Crippen LogP) is 2.35. The lowest BCUT2D eigenvalue weighted by Crippen LogP contribution is -2.13. The number of benzene rings is 1. The minimum absolute atomic E-state index is 0.0729. The first kappa shape index (κ1) is 10.6. The Bertz CT molecular complexity index is 303. The van der Waals surface area contributed by atoms with E-state index in [0.717, 1.165) is 6.42 Å². The van der Waals surface area contributed by atoms with E-state index in [4.69, 9.17) is 9.84 Å². The van der Waals surface area contributed by atoms with Gasteiger partial charge in [0.1, 0.15) is 5.75 Å². The largest absolute Gasteiger partial charge is 0.508 e. The van der Waals surface area contributed by atoms with E-state index in [1.165, 1.54) is 12.1 Å². The van der Waals surface area contributed by atoms with Crippen LogP contribution in [-0.2, 0) is 4.74 Å². The second kappa shape index (κ2) is 4.65. The minimum Gasteiger partial charge on any atom is -0.508 e. The summed E-state index contributed by atoms with van der Waals surface area (Å²) in [5, 5.41) is 9.01. The number of ether oxygens (including phenoxy) is 1. The van der Waals surface area contributed by atoms with Gasteiger partial charge in [0, 0.05) is 0 Å². The lowest BCUT2D eigenvalue weighted by Gasteiger charge is -2.10. The Kier molecular flexibility index (Phi) is 3.51. The Morgan fingerprint density at radius 1 is 1.43 bits per heavy atom. The van der Waals surface area contributed by atoms with Gasteiger partial charge < -0.3 is 9.84 Å². The zero-order valence-electron chi connectivity index (χ0n) is 8.36. The van der Waals surface area contributed by atoms with Crippen molar-refractivity contribution in [3.05, 3.63) is 29.8 Å². The van der Waals surface area contributed by atoms with Crippen LogP contribution in [0.5, 0.6) is 5.75 Å². The van der Waals surface area contributed by atoms with E-state index < -0.39 is 0 Å². The Morgan fingerprint density at radius 3 is 2.50 bits per heavy atom. The monoisotopic (exact) mass is 194 g/mol. The molecule has 0 aromatic heterocycles. The van der Waals surface area contributed by atoms with Gasteiger partial charge in [0.2, 0.25) is 0 Å². The minimum atomic E-state index is -0.348. The molecule has 0 aliphatic heterocycles. The van der Waals surface area contributed by atoms with Crippen molar-refractivity contribution in [3.63, 3.8) is 0 Å². The summed E-state index contributed by atoms with van der Waals surface area (Å²) in [5.41, 5.74) is 0.461. The van der Waals surface area contributed by atoms with Crippen LogP contribution in [0.2, 0.25) is 0 Å². The molecule has 1 rings (SSSR count). The Labute approximate surface area is 83.3 Å². The third-order valence-electron chi connectivity index (χ3n) is 1.99. The quantitative estimate of drug-likeness (QED) is 0.751. The van der Waals surface area contributed by atoms with Crippen molar-refractivity contribution in [2.75, 3.05) is 0 Å². The molecule has 0 radical (unpaired) electrons. The molecular formula is C11H14O3. The van der Waals surface area contributed by atoms with Crippen molar-refractivity contribution in [2.45, 2.75) is 26.4 Å². The highest BCUT2D eigenvalue weighted by molar-refractivity contribution is 5.89. The fraction of sp³-hybridized carbons (Fsp3) is 0.364. The Hall–Kier alpha value is -1.51. The zero-order chi connectivity index (χ0) is 10.6. The molecule has 76 valence electrons. The second-order valence-corrected chi connectivity index (χ2v) is 3.17. The van der Waals surface area contributed by atoms with E-state index in [-0.39, 0.29) is 17.8 Å². The lowest BCUT2D eigenvalue weighted by atomic mass is 10.2. The van der Waals surface area contributed by atoms with E-state index in [2.05, 4.69) is 0 Å². The molecule has 0 aliphatic rings. The third-order valence-corrected chi connectivity index (χ3v) is 1.99. The van der Waals surface area contributed by atoms with Crippen molar-refractivity contribution in [1.82, 2.24) is 0 Å². The number of phenolic OH excluding ortho intramolecular Hbond substituents is 1. The molecule has 0 saturated heterocycles.